The minimum Gasteiger partial charge on any atom is -0.388 e. The van der Waals surface area contributed by atoms with E-state index >= 15 is 0 Å². The summed E-state index contributed by atoms with van der Waals surface area (Å²) in [6.07, 6.45) is 0.107. The Morgan fingerprint density at radius 3 is 2.50 bits per heavy atom. The SMILES string of the molecule is Cc1cc(Cl)cc(C(O)Cc2ccccc2C)c1. The molecule has 0 saturated heterocycles. The number of hydrogen-bond donors (Lipinski definition) is 1. The van der Waals surface area contributed by atoms with E-state index in [0.29, 0.717) is 11.4 Å². The van der Waals surface area contributed by atoms with Crippen LogP contribution in [-0.2, 0) is 6.42 Å². The number of hydrogen-bond acceptors (Lipinski definition) is 1. The summed E-state index contributed by atoms with van der Waals surface area (Å²) in [5, 5.41) is 11.0. The average molecular weight is 261 g/mol. The third-order valence-electron chi connectivity index (χ3n) is 3.12. The van der Waals surface area contributed by atoms with Crippen molar-refractivity contribution >= 4 is 11.6 Å². The lowest BCUT2D eigenvalue weighted by Gasteiger charge is -2.14. The van der Waals surface area contributed by atoms with Crippen LogP contribution < -0.4 is 0 Å². The second-order valence-corrected chi connectivity index (χ2v) is 5.14. The standard InChI is InChI=1S/C16H17ClO/c1-11-7-14(9-15(17)8-11)16(18)10-13-6-4-3-5-12(13)2/h3-9,16,18H,10H2,1-2H3. The summed E-state index contributed by atoms with van der Waals surface area (Å²) in [5.74, 6) is 0. The molecule has 2 rings (SSSR count). The average Bonchev–Trinajstić information content (AvgIpc) is 2.31. The van der Waals surface area contributed by atoms with Crippen molar-refractivity contribution < 1.29 is 5.11 Å². The molecule has 0 amide bonds. The Bertz CT molecular complexity index is 528. The first-order valence-corrected chi connectivity index (χ1v) is 6.44. The summed E-state index contributed by atoms with van der Waals surface area (Å²) >= 11 is 6.02. The molecule has 1 N–H and O–H groups in total. The Morgan fingerprint density at radius 1 is 1.11 bits per heavy atom. The molecular formula is C16H17ClO. The fraction of sp³-hybridized carbons (Fsp3) is 0.250. The molecule has 0 aliphatic rings. The van der Waals surface area contributed by atoms with Crippen molar-refractivity contribution in [3.63, 3.8) is 0 Å². The van der Waals surface area contributed by atoms with Crippen LogP contribution >= 0.6 is 11.6 Å². The van der Waals surface area contributed by atoms with Crippen LogP contribution in [0.3, 0.4) is 0 Å². The molecule has 94 valence electrons. The molecule has 0 fully saturated rings. The zero-order valence-electron chi connectivity index (χ0n) is 10.7. The molecule has 2 heteroatoms. The lowest BCUT2D eigenvalue weighted by Crippen LogP contribution is -2.03. The molecule has 2 aromatic rings. The van der Waals surface area contributed by atoms with E-state index in [4.69, 9.17) is 11.6 Å². The molecule has 2 aromatic carbocycles. The molecule has 0 aromatic heterocycles. The Labute approximate surface area is 113 Å². The normalized spacial score (nSPS) is 12.4. The number of halogens is 1. The predicted molar refractivity (Wildman–Crippen MR) is 76.0 cm³/mol. The highest BCUT2D eigenvalue weighted by Crippen LogP contribution is 2.24. The summed E-state index contributed by atoms with van der Waals surface area (Å²) in [6, 6.07) is 13.8. The van der Waals surface area contributed by atoms with Crippen molar-refractivity contribution in [3.8, 4) is 0 Å². The minimum atomic E-state index is -0.511. The molecule has 0 heterocycles. The first-order valence-electron chi connectivity index (χ1n) is 6.06. The third-order valence-corrected chi connectivity index (χ3v) is 3.34. The molecule has 1 unspecified atom stereocenters. The molecule has 0 saturated carbocycles. The third kappa shape index (κ3) is 3.12. The van der Waals surface area contributed by atoms with Crippen molar-refractivity contribution in [2.24, 2.45) is 0 Å². The highest BCUT2D eigenvalue weighted by molar-refractivity contribution is 6.30. The fourth-order valence-electron chi connectivity index (χ4n) is 2.12. The number of aliphatic hydroxyl groups excluding tert-OH is 1. The van der Waals surface area contributed by atoms with E-state index in [1.165, 1.54) is 11.1 Å². The van der Waals surface area contributed by atoms with Gasteiger partial charge in [0.25, 0.3) is 0 Å². The number of aliphatic hydroxyl groups is 1. The van der Waals surface area contributed by atoms with Gasteiger partial charge in [-0.05, 0) is 48.2 Å². The largest absolute Gasteiger partial charge is 0.388 e. The van der Waals surface area contributed by atoms with Crippen LogP contribution in [-0.4, -0.2) is 5.11 Å². The zero-order valence-corrected chi connectivity index (χ0v) is 11.4. The molecule has 18 heavy (non-hydrogen) atoms. The Kier molecular flexibility index (Phi) is 4.05. The maximum Gasteiger partial charge on any atom is 0.0831 e. The number of aryl methyl sites for hydroxylation is 2. The first-order chi connectivity index (χ1) is 8.56. The summed E-state index contributed by atoms with van der Waals surface area (Å²) in [6.45, 7) is 4.04. The van der Waals surface area contributed by atoms with Crippen molar-refractivity contribution in [2.75, 3.05) is 0 Å². The summed E-state index contributed by atoms with van der Waals surface area (Å²) < 4.78 is 0. The van der Waals surface area contributed by atoms with E-state index in [-0.39, 0.29) is 0 Å². The van der Waals surface area contributed by atoms with Gasteiger partial charge in [-0.2, -0.15) is 0 Å². The van der Waals surface area contributed by atoms with Gasteiger partial charge in [-0.15, -0.1) is 0 Å². The molecule has 1 atom stereocenters. The van der Waals surface area contributed by atoms with Crippen LogP contribution in [0.4, 0.5) is 0 Å². The van der Waals surface area contributed by atoms with Gasteiger partial charge >= 0.3 is 0 Å². The van der Waals surface area contributed by atoms with Crippen LogP contribution in [0.25, 0.3) is 0 Å². The number of rotatable bonds is 3. The van der Waals surface area contributed by atoms with Crippen LogP contribution in [0.1, 0.15) is 28.4 Å². The Balaban J connectivity index is 2.22. The lowest BCUT2D eigenvalue weighted by atomic mass is 9.97. The summed E-state index contributed by atoms with van der Waals surface area (Å²) in [7, 11) is 0. The predicted octanol–water partition coefficient (Wildman–Crippen LogP) is 4.23. The van der Waals surface area contributed by atoms with E-state index in [1.807, 2.05) is 37.3 Å². The quantitative estimate of drug-likeness (QED) is 0.876. The van der Waals surface area contributed by atoms with Crippen molar-refractivity contribution in [1.82, 2.24) is 0 Å². The van der Waals surface area contributed by atoms with Crippen LogP contribution in [0.5, 0.6) is 0 Å². The van der Waals surface area contributed by atoms with Crippen LogP contribution in [0.2, 0.25) is 5.02 Å². The molecule has 0 aliphatic carbocycles. The van der Waals surface area contributed by atoms with Gasteiger partial charge in [0.15, 0.2) is 0 Å². The molecule has 0 spiro atoms. The van der Waals surface area contributed by atoms with Gasteiger partial charge < -0.3 is 5.11 Å². The second kappa shape index (κ2) is 5.55. The lowest BCUT2D eigenvalue weighted by molar-refractivity contribution is 0.178. The van der Waals surface area contributed by atoms with Crippen molar-refractivity contribution in [1.29, 1.82) is 0 Å². The Morgan fingerprint density at radius 2 is 1.83 bits per heavy atom. The highest BCUT2D eigenvalue weighted by atomic mass is 35.5. The topological polar surface area (TPSA) is 20.2 Å². The number of benzene rings is 2. The van der Waals surface area contributed by atoms with Crippen LogP contribution in [0, 0.1) is 13.8 Å². The second-order valence-electron chi connectivity index (χ2n) is 4.71. The molecule has 1 nitrogen and oxygen atoms in total. The summed E-state index contributed by atoms with van der Waals surface area (Å²) in [5.41, 5.74) is 4.32. The van der Waals surface area contributed by atoms with Gasteiger partial charge in [0.2, 0.25) is 0 Å². The maximum absolute atomic E-state index is 10.3. The Hall–Kier alpha value is -1.31. The molecule has 0 aliphatic heterocycles. The van der Waals surface area contributed by atoms with Gasteiger partial charge in [0, 0.05) is 11.4 Å². The molecular weight excluding hydrogens is 244 g/mol. The van der Waals surface area contributed by atoms with E-state index < -0.39 is 6.10 Å². The monoisotopic (exact) mass is 260 g/mol. The zero-order chi connectivity index (χ0) is 13.1. The summed E-state index contributed by atoms with van der Waals surface area (Å²) in [4.78, 5) is 0. The fourth-order valence-corrected chi connectivity index (χ4v) is 2.42. The van der Waals surface area contributed by atoms with E-state index in [2.05, 4.69) is 19.1 Å². The molecule has 0 radical (unpaired) electrons. The van der Waals surface area contributed by atoms with E-state index in [0.717, 1.165) is 11.1 Å². The highest BCUT2D eigenvalue weighted by Gasteiger charge is 2.11. The van der Waals surface area contributed by atoms with Gasteiger partial charge in [0.1, 0.15) is 0 Å². The smallest absolute Gasteiger partial charge is 0.0831 e. The van der Waals surface area contributed by atoms with Crippen LogP contribution in [0.15, 0.2) is 42.5 Å². The van der Waals surface area contributed by atoms with Gasteiger partial charge in [-0.3, -0.25) is 0 Å². The van der Waals surface area contributed by atoms with Gasteiger partial charge in [0.05, 0.1) is 6.10 Å². The first kappa shape index (κ1) is 13.1. The minimum absolute atomic E-state index is 0.511. The van der Waals surface area contributed by atoms with Gasteiger partial charge in [-0.25, -0.2) is 0 Å². The molecule has 0 bridgehead atoms. The maximum atomic E-state index is 10.3. The van der Waals surface area contributed by atoms with Gasteiger partial charge in [-0.1, -0.05) is 41.9 Å². The van der Waals surface area contributed by atoms with E-state index in [1.54, 1.807) is 0 Å². The van der Waals surface area contributed by atoms with E-state index in [9.17, 15) is 5.11 Å². The van der Waals surface area contributed by atoms with Crippen molar-refractivity contribution in [3.05, 3.63) is 69.7 Å². The van der Waals surface area contributed by atoms with Crippen molar-refractivity contribution in [2.45, 2.75) is 26.4 Å².